The standard InChI is InChI=1S/C26H36N4O3/c1-4-6-21-25-22(30(3)29-21)15-27-26(28-25)20-14-18(9-12-24(20)33-5-2)13-17-7-10-19(11-8-17)23(32)16-31/h9,12,14,17,19,31H,4-8,10-11,13,15-16H2,1-3H3,(H,27,28). The molecule has 1 fully saturated rings. The van der Waals surface area contributed by atoms with Crippen molar-refractivity contribution in [3.63, 3.8) is 0 Å². The third-order valence-electron chi connectivity index (χ3n) is 6.94. The van der Waals surface area contributed by atoms with Crippen molar-refractivity contribution in [2.24, 2.45) is 23.9 Å². The van der Waals surface area contributed by atoms with E-state index in [1.165, 1.54) is 5.56 Å². The normalized spacial score (nSPS) is 20.1. The van der Waals surface area contributed by atoms with Gasteiger partial charge in [-0.3, -0.25) is 14.5 Å². The fraction of sp³-hybridized carbons (Fsp3) is 0.577. The van der Waals surface area contributed by atoms with Gasteiger partial charge in [-0.25, -0.2) is 0 Å². The number of aliphatic hydroxyl groups is 1. The molecule has 1 aliphatic heterocycles. The highest BCUT2D eigenvalue weighted by atomic mass is 16.5. The molecule has 0 saturated heterocycles. The summed E-state index contributed by atoms with van der Waals surface area (Å²) in [4.78, 5) is 16.7. The maximum atomic E-state index is 11.8. The first kappa shape index (κ1) is 23.5. The predicted molar refractivity (Wildman–Crippen MR) is 130 cm³/mol. The second-order valence-electron chi connectivity index (χ2n) is 9.24. The lowest BCUT2D eigenvalue weighted by molar-refractivity contribution is -0.126. The van der Waals surface area contributed by atoms with Gasteiger partial charge in [0.05, 0.1) is 35.8 Å². The number of benzene rings is 1. The summed E-state index contributed by atoms with van der Waals surface area (Å²) in [6, 6.07) is 6.43. The molecule has 2 N–H and O–H groups in total. The zero-order chi connectivity index (χ0) is 23.4. The Hall–Kier alpha value is -2.67. The van der Waals surface area contributed by atoms with E-state index in [4.69, 9.17) is 19.9 Å². The first-order valence-corrected chi connectivity index (χ1v) is 12.3. The van der Waals surface area contributed by atoms with E-state index < -0.39 is 0 Å². The highest BCUT2D eigenvalue weighted by molar-refractivity contribution is 6.11. The summed E-state index contributed by atoms with van der Waals surface area (Å²) in [5, 5.41) is 17.4. The van der Waals surface area contributed by atoms with Crippen molar-refractivity contribution in [2.45, 2.75) is 65.3 Å². The van der Waals surface area contributed by atoms with E-state index in [1.54, 1.807) is 0 Å². The van der Waals surface area contributed by atoms with Crippen LogP contribution in [-0.2, 0) is 31.2 Å². The molecule has 7 nitrogen and oxygen atoms in total. The fourth-order valence-corrected chi connectivity index (χ4v) is 5.14. The third-order valence-corrected chi connectivity index (χ3v) is 6.94. The van der Waals surface area contributed by atoms with Gasteiger partial charge in [0, 0.05) is 13.0 Å². The maximum Gasteiger partial charge on any atom is 0.161 e. The van der Waals surface area contributed by atoms with E-state index in [-0.39, 0.29) is 18.3 Å². The molecule has 0 amide bonds. The molecule has 2 aliphatic rings. The molecule has 1 aromatic heterocycles. The highest BCUT2D eigenvalue weighted by Gasteiger charge is 2.27. The number of ketones is 1. The monoisotopic (exact) mass is 452 g/mol. The molecule has 1 aliphatic carbocycles. The van der Waals surface area contributed by atoms with Crippen LogP contribution in [0.5, 0.6) is 5.75 Å². The lowest BCUT2D eigenvalue weighted by Gasteiger charge is -2.27. The first-order valence-electron chi connectivity index (χ1n) is 12.3. The van der Waals surface area contributed by atoms with E-state index in [0.717, 1.165) is 79.2 Å². The molecule has 0 unspecified atom stereocenters. The second kappa shape index (κ2) is 10.5. The van der Waals surface area contributed by atoms with E-state index in [0.29, 0.717) is 19.1 Å². The Bertz CT molecular complexity index is 1020. The maximum absolute atomic E-state index is 11.8. The quantitative estimate of drug-likeness (QED) is 0.599. The van der Waals surface area contributed by atoms with E-state index >= 15 is 0 Å². The Labute approximate surface area is 196 Å². The van der Waals surface area contributed by atoms with Crippen LogP contribution in [0.15, 0.2) is 23.2 Å². The molecule has 0 spiro atoms. The number of nitrogens with one attached hydrogen (secondary N) is 1. The van der Waals surface area contributed by atoms with Crippen LogP contribution in [0.25, 0.3) is 0 Å². The molecule has 2 heterocycles. The molecule has 33 heavy (non-hydrogen) atoms. The number of aliphatic hydroxyl groups excluding tert-OH is 1. The molecule has 0 atom stereocenters. The topological polar surface area (TPSA) is 88.7 Å². The summed E-state index contributed by atoms with van der Waals surface area (Å²) in [6.45, 7) is 5.04. The Morgan fingerprint density at radius 2 is 2.03 bits per heavy atom. The number of fused-ring (bicyclic) bond motifs is 1. The van der Waals surface area contributed by atoms with Gasteiger partial charge >= 0.3 is 0 Å². The molecule has 2 aromatic rings. The summed E-state index contributed by atoms with van der Waals surface area (Å²) in [5.41, 5.74) is 5.55. The number of carbonyl (C=O) groups excluding carboxylic acids is 1. The van der Waals surface area contributed by atoms with Crippen LogP contribution in [0.3, 0.4) is 0 Å². The van der Waals surface area contributed by atoms with Crippen LogP contribution >= 0.6 is 0 Å². The number of hydrogen-bond acceptors (Lipinski definition) is 6. The minimum Gasteiger partial charge on any atom is -0.493 e. The number of aryl methyl sites for hydroxylation is 2. The fourth-order valence-electron chi connectivity index (χ4n) is 5.14. The molecule has 4 rings (SSSR count). The van der Waals surface area contributed by atoms with Crippen LogP contribution < -0.4 is 10.1 Å². The summed E-state index contributed by atoms with van der Waals surface area (Å²) in [5.74, 6) is 2.27. The van der Waals surface area contributed by atoms with Gasteiger partial charge in [-0.05, 0) is 69.1 Å². The minimum atomic E-state index is -0.328. The van der Waals surface area contributed by atoms with Gasteiger partial charge in [0.25, 0.3) is 0 Å². The summed E-state index contributed by atoms with van der Waals surface area (Å²) < 4.78 is 7.89. The van der Waals surface area contributed by atoms with Crippen molar-refractivity contribution in [1.29, 1.82) is 0 Å². The summed E-state index contributed by atoms with van der Waals surface area (Å²) in [6.07, 6.45) is 6.77. The van der Waals surface area contributed by atoms with Gasteiger partial charge < -0.3 is 15.2 Å². The molecule has 7 heteroatoms. The number of rotatable bonds is 9. The number of nitrogens with zero attached hydrogens (tertiary/aromatic N) is 3. The lowest BCUT2D eigenvalue weighted by atomic mass is 9.77. The lowest BCUT2D eigenvalue weighted by Crippen LogP contribution is -2.25. The molecule has 1 saturated carbocycles. The van der Waals surface area contributed by atoms with E-state index in [2.05, 4.69) is 30.4 Å². The number of aromatic nitrogens is 2. The third kappa shape index (κ3) is 5.13. The van der Waals surface area contributed by atoms with Crippen molar-refractivity contribution < 1.29 is 14.6 Å². The van der Waals surface area contributed by atoms with Crippen molar-refractivity contribution in [3.8, 4) is 5.75 Å². The van der Waals surface area contributed by atoms with Gasteiger partial charge in [0.1, 0.15) is 18.2 Å². The van der Waals surface area contributed by atoms with Crippen molar-refractivity contribution >= 4 is 17.3 Å². The van der Waals surface area contributed by atoms with E-state index in [9.17, 15) is 4.79 Å². The number of hydrogen-bond donors (Lipinski definition) is 2. The van der Waals surface area contributed by atoms with Gasteiger partial charge in [-0.1, -0.05) is 19.4 Å². The smallest absolute Gasteiger partial charge is 0.161 e. The van der Waals surface area contributed by atoms with Crippen molar-refractivity contribution in [1.82, 2.24) is 9.78 Å². The Kier molecular flexibility index (Phi) is 7.48. The van der Waals surface area contributed by atoms with Gasteiger partial charge in [-0.15, -0.1) is 0 Å². The van der Waals surface area contributed by atoms with Crippen LogP contribution in [-0.4, -0.2) is 39.7 Å². The number of ether oxygens (including phenoxy) is 1. The van der Waals surface area contributed by atoms with Crippen LogP contribution in [0.4, 0.5) is 5.69 Å². The van der Waals surface area contributed by atoms with Crippen LogP contribution in [0.2, 0.25) is 0 Å². The first-order chi connectivity index (χ1) is 16.0. The van der Waals surface area contributed by atoms with Crippen LogP contribution in [0.1, 0.15) is 68.5 Å². The van der Waals surface area contributed by atoms with Crippen LogP contribution in [0, 0.1) is 11.8 Å². The zero-order valence-corrected chi connectivity index (χ0v) is 20.1. The van der Waals surface area contributed by atoms with Gasteiger partial charge in [0.2, 0.25) is 0 Å². The molecular weight excluding hydrogens is 416 g/mol. The predicted octanol–water partition coefficient (Wildman–Crippen LogP) is 4.05. The van der Waals surface area contributed by atoms with Crippen molar-refractivity contribution in [2.75, 3.05) is 18.5 Å². The van der Waals surface area contributed by atoms with Crippen molar-refractivity contribution in [3.05, 3.63) is 40.7 Å². The zero-order valence-electron chi connectivity index (χ0n) is 20.1. The molecule has 1 aromatic carbocycles. The van der Waals surface area contributed by atoms with E-state index in [1.807, 2.05) is 18.7 Å². The van der Waals surface area contributed by atoms with Gasteiger partial charge in [-0.2, -0.15) is 5.10 Å². The Balaban J connectivity index is 1.53. The van der Waals surface area contributed by atoms with Gasteiger partial charge in [0.15, 0.2) is 5.78 Å². The Morgan fingerprint density at radius 3 is 2.73 bits per heavy atom. The number of anilines is 1. The molecule has 0 radical (unpaired) electrons. The highest BCUT2D eigenvalue weighted by Crippen LogP contribution is 2.34. The minimum absolute atomic E-state index is 0.00426. The average molecular weight is 453 g/mol. The number of Topliss-reactive ketones (excluding diaryl/α,β-unsaturated/α-hetero) is 1. The molecular formula is C26H36N4O3. The average Bonchev–Trinajstić information content (AvgIpc) is 3.15. The molecule has 178 valence electrons. The second-order valence-corrected chi connectivity index (χ2v) is 9.24. The summed E-state index contributed by atoms with van der Waals surface area (Å²) >= 11 is 0. The summed E-state index contributed by atoms with van der Waals surface area (Å²) in [7, 11) is 1.98. The number of amidine groups is 1. The largest absolute Gasteiger partial charge is 0.493 e. The SMILES string of the molecule is CCCc1nn(C)c2c1NC(c1cc(CC3CCC(C(=O)CO)CC3)ccc1OCC)=NC2. The number of carbonyl (C=O) groups is 1. The number of aliphatic imine (C=N–C) groups is 1. The molecule has 0 bridgehead atoms. The Morgan fingerprint density at radius 1 is 1.24 bits per heavy atom.